The molecule has 3 aromatic carbocycles. The van der Waals surface area contributed by atoms with Crippen LogP contribution >= 0.6 is 0 Å². The Morgan fingerprint density at radius 1 is 1.00 bits per heavy atom. The molecule has 1 N–H and O–H groups in total. The molecule has 1 aliphatic heterocycles. The fourth-order valence-corrected chi connectivity index (χ4v) is 4.57. The van der Waals surface area contributed by atoms with Gasteiger partial charge in [-0.15, -0.1) is 0 Å². The zero-order chi connectivity index (χ0) is 19.1. The van der Waals surface area contributed by atoms with E-state index in [1.54, 1.807) is 6.07 Å². The summed E-state index contributed by atoms with van der Waals surface area (Å²) in [5.41, 5.74) is 5.78. The summed E-state index contributed by atoms with van der Waals surface area (Å²) in [5, 5.41) is 13.9. The van der Waals surface area contributed by atoms with E-state index in [0.29, 0.717) is 0 Å². The topological polar surface area (TPSA) is 36.4 Å². The molecule has 0 radical (unpaired) electrons. The summed E-state index contributed by atoms with van der Waals surface area (Å²) >= 11 is 0. The number of phenols is 1. The van der Waals surface area contributed by atoms with Crippen LogP contribution in [0.25, 0.3) is 32.9 Å². The minimum Gasteiger partial charge on any atom is -0.508 e. The largest absolute Gasteiger partial charge is 0.508 e. The molecule has 0 bridgehead atoms. The maximum atomic E-state index is 10.0. The molecule has 0 saturated heterocycles. The lowest BCUT2D eigenvalue weighted by atomic mass is 9.89. The second kappa shape index (κ2) is 6.92. The minimum atomic E-state index is 0.285. The predicted octanol–water partition coefficient (Wildman–Crippen LogP) is 5.53. The highest BCUT2D eigenvalue weighted by Gasteiger charge is 2.24. The fourth-order valence-electron chi connectivity index (χ4n) is 4.57. The van der Waals surface area contributed by atoms with Crippen LogP contribution in [0.2, 0.25) is 0 Å². The number of hydrogen-bond donors (Lipinski definition) is 1. The van der Waals surface area contributed by atoms with Crippen LogP contribution in [0, 0.1) is 0 Å². The molecule has 0 unspecified atom stereocenters. The lowest BCUT2D eigenvalue weighted by molar-refractivity contribution is 0.255. The molecule has 3 nitrogen and oxygen atoms in total. The average Bonchev–Trinajstić information content (AvgIpc) is 2.73. The van der Waals surface area contributed by atoms with E-state index in [0.717, 1.165) is 49.2 Å². The monoisotopic (exact) mass is 368 g/mol. The van der Waals surface area contributed by atoms with Crippen molar-refractivity contribution in [2.75, 3.05) is 13.1 Å². The van der Waals surface area contributed by atoms with Gasteiger partial charge < -0.3 is 5.11 Å². The van der Waals surface area contributed by atoms with E-state index in [-0.39, 0.29) is 5.75 Å². The third-order valence-electron chi connectivity index (χ3n) is 5.81. The molecule has 0 amide bonds. The number of phenolic OH excluding ortho intramolecular Hbond substituents is 1. The number of aromatic hydroxyl groups is 1. The zero-order valence-corrected chi connectivity index (χ0v) is 16.2. The molecular weight excluding hydrogens is 344 g/mol. The van der Waals surface area contributed by atoms with Crippen LogP contribution in [0.15, 0.2) is 60.7 Å². The van der Waals surface area contributed by atoms with Gasteiger partial charge in [-0.3, -0.25) is 4.90 Å². The van der Waals surface area contributed by atoms with Crippen molar-refractivity contribution in [3.63, 3.8) is 0 Å². The zero-order valence-electron chi connectivity index (χ0n) is 16.2. The summed E-state index contributed by atoms with van der Waals surface area (Å²) in [5.74, 6) is 0.285. The average molecular weight is 368 g/mol. The molecule has 0 atom stereocenters. The molecule has 5 rings (SSSR count). The smallest absolute Gasteiger partial charge is 0.116 e. The lowest BCUT2D eigenvalue weighted by Crippen LogP contribution is -2.32. The second-order valence-corrected chi connectivity index (χ2v) is 7.67. The maximum Gasteiger partial charge on any atom is 0.116 e. The normalized spacial score (nSPS) is 14.5. The van der Waals surface area contributed by atoms with E-state index < -0.39 is 0 Å². The van der Waals surface area contributed by atoms with Crippen molar-refractivity contribution in [1.82, 2.24) is 9.88 Å². The number of hydrogen-bond acceptors (Lipinski definition) is 3. The molecular formula is C25H24N2O. The van der Waals surface area contributed by atoms with Gasteiger partial charge in [-0.2, -0.15) is 0 Å². The van der Waals surface area contributed by atoms with Gasteiger partial charge in [-0.05, 0) is 59.5 Å². The van der Waals surface area contributed by atoms with Gasteiger partial charge in [-0.25, -0.2) is 4.98 Å². The van der Waals surface area contributed by atoms with Crippen LogP contribution in [-0.4, -0.2) is 28.1 Å². The number of fused-ring (bicyclic) bond motifs is 5. The van der Waals surface area contributed by atoms with Gasteiger partial charge in [0.05, 0.1) is 11.2 Å². The van der Waals surface area contributed by atoms with Crippen LogP contribution < -0.4 is 0 Å². The second-order valence-electron chi connectivity index (χ2n) is 7.67. The van der Waals surface area contributed by atoms with Crippen LogP contribution in [0.1, 0.15) is 24.5 Å². The molecule has 28 heavy (non-hydrogen) atoms. The van der Waals surface area contributed by atoms with Gasteiger partial charge >= 0.3 is 0 Å². The van der Waals surface area contributed by atoms with E-state index in [1.807, 2.05) is 18.2 Å². The molecule has 2 heterocycles. The Morgan fingerprint density at radius 2 is 1.89 bits per heavy atom. The van der Waals surface area contributed by atoms with E-state index in [9.17, 15) is 5.11 Å². The van der Waals surface area contributed by atoms with Crippen LogP contribution in [0.4, 0.5) is 0 Å². The quantitative estimate of drug-likeness (QED) is 0.483. The van der Waals surface area contributed by atoms with Crippen LogP contribution in [0.5, 0.6) is 5.75 Å². The molecule has 1 aromatic heterocycles. The van der Waals surface area contributed by atoms with Gasteiger partial charge in [0, 0.05) is 24.0 Å². The Hall–Kier alpha value is -2.91. The van der Waals surface area contributed by atoms with Crippen LogP contribution in [-0.2, 0) is 13.0 Å². The van der Waals surface area contributed by atoms with E-state index in [1.165, 1.54) is 27.3 Å². The van der Waals surface area contributed by atoms with E-state index in [2.05, 4.69) is 48.2 Å². The molecule has 0 spiro atoms. The number of benzene rings is 3. The Balaban J connectivity index is 1.83. The van der Waals surface area contributed by atoms with E-state index in [4.69, 9.17) is 4.98 Å². The standard InChI is InChI=1S/C25H24N2O/c1-2-13-27-14-12-21-22(16-27)25(18-7-5-8-19(28)15-18)26-23-11-10-17-6-3-4-9-20(17)24(21)23/h3-11,15,28H,2,12-14,16H2,1H3. The summed E-state index contributed by atoms with van der Waals surface area (Å²) in [6.07, 6.45) is 2.19. The van der Waals surface area contributed by atoms with Crippen LogP contribution in [0.3, 0.4) is 0 Å². The highest BCUT2D eigenvalue weighted by molar-refractivity contribution is 6.09. The summed E-state index contributed by atoms with van der Waals surface area (Å²) in [7, 11) is 0. The Bertz CT molecular complexity index is 1180. The van der Waals surface area contributed by atoms with Crippen molar-refractivity contribution < 1.29 is 5.11 Å². The minimum absolute atomic E-state index is 0.285. The Morgan fingerprint density at radius 3 is 2.75 bits per heavy atom. The Labute approximate surface area is 165 Å². The molecule has 140 valence electrons. The van der Waals surface area contributed by atoms with Gasteiger partial charge in [0.1, 0.15) is 5.75 Å². The van der Waals surface area contributed by atoms with Crippen molar-refractivity contribution >= 4 is 21.7 Å². The third kappa shape index (κ3) is 2.83. The summed E-state index contributed by atoms with van der Waals surface area (Å²) in [4.78, 5) is 7.63. The highest BCUT2D eigenvalue weighted by Crippen LogP contribution is 2.37. The number of aromatic nitrogens is 1. The van der Waals surface area contributed by atoms with Crippen molar-refractivity contribution in [2.24, 2.45) is 0 Å². The first kappa shape index (κ1) is 17.2. The lowest BCUT2D eigenvalue weighted by Gasteiger charge is -2.31. The van der Waals surface area contributed by atoms with Gasteiger partial charge in [-0.1, -0.05) is 49.4 Å². The van der Waals surface area contributed by atoms with Gasteiger partial charge in [0.15, 0.2) is 0 Å². The van der Waals surface area contributed by atoms with E-state index >= 15 is 0 Å². The van der Waals surface area contributed by atoms with Gasteiger partial charge in [0.25, 0.3) is 0 Å². The van der Waals surface area contributed by atoms with Crippen molar-refractivity contribution in [3.8, 4) is 17.0 Å². The third-order valence-corrected chi connectivity index (χ3v) is 5.81. The number of nitrogens with zero attached hydrogens (tertiary/aromatic N) is 2. The van der Waals surface area contributed by atoms with Crippen molar-refractivity contribution in [2.45, 2.75) is 26.3 Å². The molecule has 3 heteroatoms. The predicted molar refractivity (Wildman–Crippen MR) is 116 cm³/mol. The maximum absolute atomic E-state index is 10.0. The molecule has 4 aromatic rings. The number of rotatable bonds is 3. The van der Waals surface area contributed by atoms with Crippen molar-refractivity contribution in [3.05, 3.63) is 71.8 Å². The number of pyridine rings is 1. The molecule has 0 aliphatic carbocycles. The fraction of sp³-hybridized carbons (Fsp3) is 0.240. The molecule has 0 saturated carbocycles. The summed E-state index contributed by atoms with van der Waals surface area (Å²) in [6, 6.07) is 20.4. The SMILES string of the molecule is CCCN1CCc2c(c(-c3cccc(O)c3)nc3ccc4ccccc4c23)C1. The first-order chi connectivity index (χ1) is 13.7. The Kier molecular flexibility index (Phi) is 4.25. The highest BCUT2D eigenvalue weighted by atomic mass is 16.3. The first-order valence-electron chi connectivity index (χ1n) is 10.1. The summed E-state index contributed by atoms with van der Waals surface area (Å²) < 4.78 is 0. The summed E-state index contributed by atoms with van der Waals surface area (Å²) in [6.45, 7) is 5.34. The van der Waals surface area contributed by atoms with Gasteiger partial charge in [0.2, 0.25) is 0 Å². The first-order valence-corrected chi connectivity index (χ1v) is 10.1. The molecule has 1 aliphatic rings. The van der Waals surface area contributed by atoms with Crippen molar-refractivity contribution in [1.29, 1.82) is 0 Å². The molecule has 0 fully saturated rings.